The molecule has 2 N–H and O–H groups in total. The van der Waals surface area contributed by atoms with Crippen LogP contribution in [0.4, 0.5) is 4.39 Å². The summed E-state index contributed by atoms with van der Waals surface area (Å²) in [6.07, 6.45) is 0. The maximum absolute atomic E-state index is 13.0. The molecule has 0 atom stereocenters. The van der Waals surface area contributed by atoms with Crippen LogP contribution in [0.5, 0.6) is 0 Å². The Labute approximate surface area is 142 Å². The standard InChI is InChI=1S/C15H14FN5O3S/c1-9-7-10(2)21-15(17-9)18-13(19-21)14(22)20-25(23,24)12-6-4-3-5-11(12)8-16/h3-7H,8H2,1-2H3,(H,20,22)/p+1. The number of hydrogen-bond acceptors (Lipinski definition) is 5. The Hall–Kier alpha value is -2.88. The molecule has 0 fully saturated rings. The number of carbonyl (C=O) groups excluding carboxylic acids is 1. The van der Waals surface area contributed by atoms with Gasteiger partial charge in [-0.25, -0.2) is 22.6 Å². The summed E-state index contributed by atoms with van der Waals surface area (Å²) in [5, 5.41) is 2.69. The van der Waals surface area contributed by atoms with Crippen LogP contribution in [0.2, 0.25) is 0 Å². The van der Waals surface area contributed by atoms with E-state index in [1.165, 1.54) is 28.8 Å². The summed E-state index contributed by atoms with van der Waals surface area (Å²) in [5.74, 6) is -0.942. The molecule has 0 saturated heterocycles. The zero-order chi connectivity index (χ0) is 18.2. The van der Waals surface area contributed by atoms with Crippen LogP contribution in [-0.4, -0.2) is 29.4 Å². The van der Waals surface area contributed by atoms with Gasteiger partial charge in [0.15, 0.2) is 0 Å². The lowest BCUT2D eigenvalue weighted by Gasteiger charge is -2.07. The lowest BCUT2D eigenvalue weighted by atomic mass is 10.2. The monoisotopic (exact) mass is 364 g/mol. The number of nitrogens with one attached hydrogen (secondary N) is 2. The Kier molecular flexibility index (Phi) is 4.21. The Morgan fingerprint density at radius 1 is 1.28 bits per heavy atom. The molecule has 130 valence electrons. The number of amides is 1. The summed E-state index contributed by atoms with van der Waals surface area (Å²) in [5.41, 5.74) is 1.43. The van der Waals surface area contributed by atoms with Gasteiger partial charge in [0.1, 0.15) is 18.1 Å². The van der Waals surface area contributed by atoms with Gasteiger partial charge >= 0.3 is 17.5 Å². The van der Waals surface area contributed by atoms with Crippen LogP contribution in [0.3, 0.4) is 0 Å². The van der Waals surface area contributed by atoms with Crippen LogP contribution < -0.4 is 9.24 Å². The molecule has 1 aromatic carbocycles. The van der Waals surface area contributed by atoms with E-state index in [1.54, 1.807) is 19.9 Å². The summed E-state index contributed by atoms with van der Waals surface area (Å²) in [6, 6.07) is 7.31. The van der Waals surface area contributed by atoms with Crippen molar-refractivity contribution >= 4 is 21.7 Å². The second kappa shape index (κ2) is 6.20. The molecule has 2 aromatic heterocycles. The van der Waals surface area contributed by atoms with Crippen molar-refractivity contribution in [3.05, 3.63) is 53.1 Å². The van der Waals surface area contributed by atoms with Gasteiger partial charge in [0, 0.05) is 11.6 Å². The van der Waals surface area contributed by atoms with E-state index >= 15 is 0 Å². The minimum atomic E-state index is -4.24. The highest BCUT2D eigenvalue weighted by Crippen LogP contribution is 2.16. The third-order valence-corrected chi connectivity index (χ3v) is 4.96. The van der Waals surface area contributed by atoms with E-state index in [-0.39, 0.29) is 22.1 Å². The van der Waals surface area contributed by atoms with E-state index < -0.39 is 22.6 Å². The van der Waals surface area contributed by atoms with Gasteiger partial charge in [-0.15, -0.1) is 4.52 Å². The van der Waals surface area contributed by atoms with Crippen molar-refractivity contribution in [2.75, 3.05) is 0 Å². The minimum Gasteiger partial charge on any atom is -0.263 e. The van der Waals surface area contributed by atoms with Gasteiger partial charge in [0.05, 0.1) is 4.90 Å². The van der Waals surface area contributed by atoms with Crippen LogP contribution in [0.25, 0.3) is 5.78 Å². The summed E-state index contributed by atoms with van der Waals surface area (Å²) in [4.78, 5) is 20.2. The first-order valence-corrected chi connectivity index (χ1v) is 8.77. The quantitative estimate of drug-likeness (QED) is 0.664. The van der Waals surface area contributed by atoms with Gasteiger partial charge in [-0.3, -0.25) is 4.79 Å². The first-order valence-electron chi connectivity index (χ1n) is 7.29. The number of aromatic amines is 1. The lowest BCUT2D eigenvalue weighted by Crippen LogP contribution is -2.34. The van der Waals surface area contributed by atoms with E-state index in [0.29, 0.717) is 5.69 Å². The van der Waals surface area contributed by atoms with E-state index in [2.05, 4.69) is 15.1 Å². The van der Waals surface area contributed by atoms with Crippen LogP contribution in [0.15, 0.2) is 35.2 Å². The fourth-order valence-electron chi connectivity index (χ4n) is 2.41. The second-order valence-corrected chi connectivity index (χ2v) is 7.07. The molecule has 0 unspecified atom stereocenters. The molecule has 0 radical (unpaired) electrons. The minimum absolute atomic E-state index is 0.0325. The number of rotatable bonds is 4. The van der Waals surface area contributed by atoms with Crippen molar-refractivity contribution in [2.45, 2.75) is 25.4 Å². The maximum Gasteiger partial charge on any atom is 0.457 e. The lowest BCUT2D eigenvalue weighted by molar-refractivity contribution is -0.587. The number of nitrogens with zero attached hydrogens (tertiary/aromatic N) is 3. The number of benzene rings is 1. The number of aromatic nitrogens is 4. The molecule has 8 nitrogen and oxygen atoms in total. The van der Waals surface area contributed by atoms with Crippen LogP contribution in [0.1, 0.15) is 27.6 Å². The smallest absolute Gasteiger partial charge is 0.263 e. The predicted molar refractivity (Wildman–Crippen MR) is 84.9 cm³/mol. The highest BCUT2D eigenvalue weighted by atomic mass is 32.2. The van der Waals surface area contributed by atoms with Gasteiger partial charge in [-0.05, 0) is 24.9 Å². The highest BCUT2D eigenvalue weighted by Gasteiger charge is 2.27. The average Bonchev–Trinajstić information content (AvgIpc) is 2.99. The molecule has 25 heavy (non-hydrogen) atoms. The predicted octanol–water partition coefficient (Wildman–Crippen LogP) is 0.748. The van der Waals surface area contributed by atoms with Gasteiger partial charge in [0.2, 0.25) is 0 Å². The second-order valence-electron chi connectivity index (χ2n) is 5.42. The normalized spacial score (nSPS) is 11.6. The third-order valence-electron chi connectivity index (χ3n) is 3.52. The SMILES string of the molecule is Cc1cc(C)[n+]2[nH]c(C(=O)NS(=O)(=O)c3ccccc3CF)nc2n1. The molecule has 0 spiro atoms. The number of halogens is 1. The molecule has 0 aliphatic rings. The fourth-order valence-corrected chi connectivity index (χ4v) is 3.59. The van der Waals surface area contributed by atoms with Crippen molar-refractivity contribution < 1.29 is 22.1 Å². The molecule has 1 amide bonds. The molecule has 10 heteroatoms. The van der Waals surface area contributed by atoms with Crippen LogP contribution in [-0.2, 0) is 16.7 Å². The van der Waals surface area contributed by atoms with Crippen LogP contribution >= 0.6 is 0 Å². The molecular formula is C15H15FN5O3S+. The zero-order valence-corrected chi connectivity index (χ0v) is 14.3. The number of aryl methyl sites for hydroxylation is 2. The molecular weight excluding hydrogens is 349 g/mol. The molecule has 0 saturated carbocycles. The summed E-state index contributed by atoms with van der Waals surface area (Å²) < 4.78 is 41.1. The van der Waals surface area contributed by atoms with Crippen molar-refractivity contribution in [1.29, 1.82) is 0 Å². The fraction of sp³-hybridized carbons (Fsp3) is 0.200. The summed E-state index contributed by atoms with van der Waals surface area (Å²) in [6.45, 7) is 2.60. The summed E-state index contributed by atoms with van der Waals surface area (Å²) >= 11 is 0. The molecule has 2 heterocycles. The first-order chi connectivity index (χ1) is 11.8. The zero-order valence-electron chi connectivity index (χ0n) is 13.4. The van der Waals surface area contributed by atoms with Crippen molar-refractivity contribution in [3.8, 4) is 0 Å². The maximum atomic E-state index is 13.0. The van der Waals surface area contributed by atoms with Crippen molar-refractivity contribution in [2.24, 2.45) is 0 Å². The molecule has 0 aliphatic heterocycles. The molecule has 3 aromatic rings. The third kappa shape index (κ3) is 3.20. The number of fused-ring (bicyclic) bond motifs is 1. The van der Waals surface area contributed by atoms with Crippen LogP contribution in [0, 0.1) is 13.8 Å². The van der Waals surface area contributed by atoms with E-state index in [0.717, 1.165) is 5.69 Å². The molecule has 3 rings (SSSR count). The Bertz CT molecular complexity index is 1080. The van der Waals surface area contributed by atoms with Gasteiger partial charge < -0.3 is 0 Å². The number of alkyl halides is 1. The Morgan fingerprint density at radius 2 is 2.00 bits per heavy atom. The van der Waals surface area contributed by atoms with Crippen molar-refractivity contribution in [3.63, 3.8) is 0 Å². The highest BCUT2D eigenvalue weighted by molar-refractivity contribution is 7.90. The van der Waals surface area contributed by atoms with E-state index in [4.69, 9.17) is 0 Å². The largest absolute Gasteiger partial charge is 0.457 e. The number of carbonyl (C=O) groups is 1. The molecule has 0 aliphatic carbocycles. The van der Waals surface area contributed by atoms with Crippen molar-refractivity contribution in [1.82, 2.24) is 19.8 Å². The van der Waals surface area contributed by atoms with E-state index in [1.807, 2.05) is 4.72 Å². The Morgan fingerprint density at radius 3 is 2.72 bits per heavy atom. The number of hydrogen-bond donors (Lipinski definition) is 2. The topological polar surface area (TPSA) is 109 Å². The van der Waals surface area contributed by atoms with E-state index in [9.17, 15) is 17.6 Å². The summed E-state index contributed by atoms with van der Waals surface area (Å²) in [7, 11) is -4.24. The van der Waals surface area contributed by atoms with Gasteiger partial charge in [-0.1, -0.05) is 23.2 Å². The van der Waals surface area contributed by atoms with Gasteiger partial charge in [0.25, 0.3) is 10.0 Å². The molecule has 0 bridgehead atoms. The first kappa shape index (κ1) is 17.0. The number of sulfonamides is 1. The van der Waals surface area contributed by atoms with Gasteiger partial charge in [-0.2, -0.15) is 0 Å². The Balaban J connectivity index is 1.95. The number of H-pyrrole nitrogens is 1. The average molecular weight is 364 g/mol.